The van der Waals surface area contributed by atoms with Gasteiger partial charge in [-0.1, -0.05) is 0 Å². The third kappa shape index (κ3) is 2.08. The molecule has 0 heterocycles. The van der Waals surface area contributed by atoms with Crippen LogP contribution in [0.4, 0.5) is 8.78 Å². The van der Waals surface area contributed by atoms with Gasteiger partial charge in [0.1, 0.15) is 6.61 Å². The number of rotatable bonds is 3. The molecule has 0 unspecified atom stereocenters. The zero-order valence-corrected chi connectivity index (χ0v) is 6.87. The first-order chi connectivity index (χ1) is 5.75. The van der Waals surface area contributed by atoms with E-state index in [2.05, 4.69) is 6.07 Å². The number of halogens is 3. The van der Waals surface area contributed by atoms with Gasteiger partial charge in [0.25, 0.3) is 0 Å². The first-order valence-electron chi connectivity index (χ1n) is 3.29. The second kappa shape index (κ2) is 4.26. The normalized spacial score (nSPS) is 9.92. The summed E-state index contributed by atoms with van der Waals surface area (Å²) in [6.45, 7) is 0.149. The molecule has 0 atom stereocenters. The highest BCUT2D eigenvalue weighted by Crippen LogP contribution is 2.18. The van der Waals surface area contributed by atoms with Gasteiger partial charge >= 0.3 is 0 Å². The Labute approximate surface area is 73.9 Å². The standard InChI is InChI=1S/C8H6ClF2O/c9-4-5-12-7-3-1-2-6(10)8(7)11/h2-3H,4-5H2. The van der Waals surface area contributed by atoms with Crippen molar-refractivity contribution in [3.63, 3.8) is 0 Å². The Morgan fingerprint density at radius 1 is 1.42 bits per heavy atom. The van der Waals surface area contributed by atoms with Crippen LogP contribution >= 0.6 is 11.6 Å². The summed E-state index contributed by atoms with van der Waals surface area (Å²) in [5.41, 5.74) is 0. The minimum Gasteiger partial charge on any atom is -0.489 e. The van der Waals surface area contributed by atoms with Crippen molar-refractivity contribution in [3.05, 3.63) is 29.8 Å². The summed E-state index contributed by atoms with van der Waals surface area (Å²) in [6, 6.07) is 4.53. The van der Waals surface area contributed by atoms with Gasteiger partial charge in [0.2, 0.25) is 5.82 Å². The summed E-state index contributed by atoms with van der Waals surface area (Å²) >= 11 is 5.29. The monoisotopic (exact) mass is 191 g/mol. The van der Waals surface area contributed by atoms with E-state index in [1.54, 1.807) is 0 Å². The fourth-order valence-corrected chi connectivity index (χ4v) is 0.766. The molecule has 1 radical (unpaired) electrons. The van der Waals surface area contributed by atoms with E-state index in [9.17, 15) is 8.78 Å². The number of ether oxygens (including phenoxy) is 1. The van der Waals surface area contributed by atoms with E-state index in [0.717, 1.165) is 6.07 Å². The van der Waals surface area contributed by atoms with E-state index in [-0.39, 0.29) is 18.2 Å². The molecule has 0 amide bonds. The lowest BCUT2D eigenvalue weighted by Crippen LogP contribution is -2.01. The lowest BCUT2D eigenvalue weighted by molar-refractivity contribution is 0.316. The molecule has 0 aliphatic heterocycles. The molecule has 0 bridgehead atoms. The second-order valence-corrected chi connectivity index (χ2v) is 2.40. The van der Waals surface area contributed by atoms with Gasteiger partial charge in [-0.05, 0) is 18.2 Å². The summed E-state index contributed by atoms with van der Waals surface area (Å²) in [5.74, 6) is -1.90. The van der Waals surface area contributed by atoms with Crippen LogP contribution in [0.25, 0.3) is 0 Å². The van der Waals surface area contributed by atoms with Crippen LogP contribution in [-0.2, 0) is 0 Å². The van der Waals surface area contributed by atoms with E-state index in [4.69, 9.17) is 16.3 Å². The van der Waals surface area contributed by atoms with E-state index < -0.39 is 11.6 Å². The molecule has 0 aromatic heterocycles. The Bertz CT molecular complexity index is 265. The van der Waals surface area contributed by atoms with Crippen LogP contribution in [0.2, 0.25) is 0 Å². The molecule has 1 nitrogen and oxygen atoms in total. The van der Waals surface area contributed by atoms with Crippen molar-refractivity contribution in [1.29, 1.82) is 0 Å². The Hall–Kier alpha value is -0.830. The summed E-state index contributed by atoms with van der Waals surface area (Å²) in [7, 11) is 0. The average Bonchev–Trinajstić information content (AvgIpc) is 2.08. The smallest absolute Gasteiger partial charge is 0.200 e. The Balaban J connectivity index is 2.78. The fourth-order valence-electron chi connectivity index (χ4n) is 0.688. The lowest BCUT2D eigenvalue weighted by Gasteiger charge is -2.04. The molecule has 65 valence electrons. The summed E-state index contributed by atoms with van der Waals surface area (Å²) in [5, 5.41) is 0. The van der Waals surface area contributed by atoms with Crippen molar-refractivity contribution in [1.82, 2.24) is 0 Å². The largest absolute Gasteiger partial charge is 0.489 e. The highest BCUT2D eigenvalue weighted by atomic mass is 35.5. The van der Waals surface area contributed by atoms with Crippen molar-refractivity contribution in [2.24, 2.45) is 0 Å². The molecule has 12 heavy (non-hydrogen) atoms. The number of benzene rings is 1. The van der Waals surface area contributed by atoms with Gasteiger partial charge in [-0.15, -0.1) is 11.6 Å². The zero-order chi connectivity index (χ0) is 8.97. The van der Waals surface area contributed by atoms with Crippen LogP contribution in [0.15, 0.2) is 12.1 Å². The van der Waals surface area contributed by atoms with Gasteiger partial charge < -0.3 is 4.74 Å². The number of alkyl halides is 1. The molecule has 4 heteroatoms. The van der Waals surface area contributed by atoms with Crippen molar-refractivity contribution < 1.29 is 13.5 Å². The summed E-state index contributed by atoms with van der Waals surface area (Å²) < 4.78 is 30.0. The highest BCUT2D eigenvalue weighted by Gasteiger charge is 2.07. The van der Waals surface area contributed by atoms with Crippen LogP contribution in [0, 0.1) is 17.7 Å². The minimum atomic E-state index is -1.00. The molecule has 1 rings (SSSR count). The van der Waals surface area contributed by atoms with Crippen LogP contribution in [-0.4, -0.2) is 12.5 Å². The van der Waals surface area contributed by atoms with Crippen molar-refractivity contribution >= 4 is 11.6 Å². The van der Waals surface area contributed by atoms with Gasteiger partial charge in [0.15, 0.2) is 11.6 Å². The number of hydrogen-bond donors (Lipinski definition) is 0. The van der Waals surface area contributed by atoms with Crippen molar-refractivity contribution in [3.8, 4) is 5.75 Å². The van der Waals surface area contributed by atoms with Gasteiger partial charge in [0, 0.05) is 0 Å². The van der Waals surface area contributed by atoms with E-state index in [1.807, 2.05) is 0 Å². The van der Waals surface area contributed by atoms with E-state index in [1.165, 1.54) is 6.07 Å². The maximum atomic E-state index is 12.8. The maximum absolute atomic E-state index is 12.8. The van der Waals surface area contributed by atoms with Gasteiger partial charge in [0.05, 0.1) is 5.88 Å². The molecule has 0 saturated heterocycles. The molecule has 0 aliphatic rings. The average molecular weight is 192 g/mol. The molecular formula is C8H6ClF2O. The quantitative estimate of drug-likeness (QED) is 0.667. The predicted octanol–water partition coefficient (Wildman–Crippen LogP) is 2.38. The number of hydrogen-bond acceptors (Lipinski definition) is 1. The molecule has 1 aromatic rings. The summed E-state index contributed by atoms with van der Waals surface area (Å²) in [6.07, 6.45) is 0. The van der Waals surface area contributed by atoms with Gasteiger partial charge in [-0.2, -0.15) is 4.39 Å². The first-order valence-corrected chi connectivity index (χ1v) is 3.83. The molecule has 0 saturated carbocycles. The van der Waals surface area contributed by atoms with Crippen LogP contribution in [0.3, 0.4) is 0 Å². The fraction of sp³-hybridized carbons (Fsp3) is 0.250. The van der Waals surface area contributed by atoms with E-state index in [0.29, 0.717) is 0 Å². The molecular weight excluding hydrogens is 186 g/mol. The second-order valence-electron chi connectivity index (χ2n) is 2.02. The molecule has 0 N–H and O–H groups in total. The van der Waals surface area contributed by atoms with Crippen molar-refractivity contribution in [2.75, 3.05) is 12.5 Å². The van der Waals surface area contributed by atoms with Crippen LogP contribution in [0.5, 0.6) is 5.75 Å². The Kier molecular flexibility index (Phi) is 3.29. The topological polar surface area (TPSA) is 9.23 Å². The Morgan fingerprint density at radius 3 is 2.83 bits per heavy atom. The Morgan fingerprint density at radius 2 is 2.17 bits per heavy atom. The third-order valence-corrected chi connectivity index (χ3v) is 1.34. The van der Waals surface area contributed by atoms with Crippen LogP contribution in [0.1, 0.15) is 0 Å². The zero-order valence-electron chi connectivity index (χ0n) is 6.11. The maximum Gasteiger partial charge on any atom is 0.200 e. The first kappa shape index (κ1) is 9.26. The molecule has 0 fully saturated rings. The van der Waals surface area contributed by atoms with Crippen molar-refractivity contribution in [2.45, 2.75) is 0 Å². The SMILES string of the molecule is Fc1c[c]cc(OCCCl)c1F. The van der Waals surface area contributed by atoms with Gasteiger partial charge in [-0.25, -0.2) is 4.39 Å². The highest BCUT2D eigenvalue weighted by molar-refractivity contribution is 6.17. The van der Waals surface area contributed by atoms with Crippen LogP contribution < -0.4 is 4.74 Å². The molecule has 0 aliphatic carbocycles. The third-order valence-electron chi connectivity index (χ3n) is 1.19. The molecule has 0 spiro atoms. The minimum absolute atomic E-state index is 0.149. The molecule has 1 aromatic carbocycles. The lowest BCUT2D eigenvalue weighted by atomic mass is 10.3. The predicted molar refractivity (Wildman–Crippen MR) is 41.4 cm³/mol. The van der Waals surface area contributed by atoms with Gasteiger partial charge in [-0.3, -0.25) is 0 Å². The van der Waals surface area contributed by atoms with E-state index >= 15 is 0 Å². The summed E-state index contributed by atoms with van der Waals surface area (Å²) in [4.78, 5) is 0.